The molecule has 0 aliphatic carbocycles. The van der Waals surface area contributed by atoms with Crippen molar-refractivity contribution in [3.63, 3.8) is 0 Å². The van der Waals surface area contributed by atoms with Crippen molar-refractivity contribution in [1.82, 2.24) is 30.2 Å². The van der Waals surface area contributed by atoms with Gasteiger partial charge in [0.25, 0.3) is 11.8 Å². The monoisotopic (exact) mass is 388 g/mol. The number of aryl methyl sites for hydroxylation is 1. The number of nitrogens with zero attached hydrogens (tertiary/aromatic N) is 5. The first-order valence-electron chi connectivity index (χ1n) is 9.20. The van der Waals surface area contributed by atoms with E-state index in [4.69, 9.17) is 4.52 Å². The fourth-order valence-electron chi connectivity index (χ4n) is 3.02. The first kappa shape index (κ1) is 18.5. The maximum atomic E-state index is 12.7. The number of hydrogen-bond donors (Lipinski definition) is 1. The predicted molar refractivity (Wildman–Crippen MR) is 106 cm³/mol. The highest BCUT2D eigenvalue weighted by molar-refractivity contribution is 5.95. The Labute approximate surface area is 167 Å². The lowest BCUT2D eigenvalue weighted by molar-refractivity contribution is 0.0939. The summed E-state index contributed by atoms with van der Waals surface area (Å²) in [4.78, 5) is 21.3. The maximum absolute atomic E-state index is 12.7. The van der Waals surface area contributed by atoms with Gasteiger partial charge in [0.05, 0.1) is 29.1 Å². The standard InChI is InChI=1S/C21H20N6O2/c1-13(16-7-5-4-6-8-16)24-20(28)18-12-23-27(14(18)2)19-10-9-17(11-22-19)21-25-15(3)26-29-21/h4-13H,1-3H3,(H,24,28). The first-order valence-corrected chi connectivity index (χ1v) is 9.20. The van der Waals surface area contributed by atoms with Crippen LogP contribution in [-0.4, -0.2) is 30.8 Å². The highest BCUT2D eigenvalue weighted by Gasteiger charge is 2.18. The van der Waals surface area contributed by atoms with Gasteiger partial charge < -0.3 is 9.84 Å². The molecule has 1 atom stereocenters. The van der Waals surface area contributed by atoms with Crippen LogP contribution in [-0.2, 0) is 0 Å². The van der Waals surface area contributed by atoms with Crippen LogP contribution in [0.3, 0.4) is 0 Å². The summed E-state index contributed by atoms with van der Waals surface area (Å²) in [5.41, 5.74) is 2.97. The molecule has 1 amide bonds. The lowest BCUT2D eigenvalue weighted by Crippen LogP contribution is -2.27. The third-order valence-electron chi connectivity index (χ3n) is 4.64. The molecule has 29 heavy (non-hydrogen) atoms. The van der Waals surface area contributed by atoms with E-state index in [2.05, 4.69) is 25.5 Å². The highest BCUT2D eigenvalue weighted by Crippen LogP contribution is 2.19. The summed E-state index contributed by atoms with van der Waals surface area (Å²) in [6, 6.07) is 13.3. The van der Waals surface area contributed by atoms with Crippen LogP contribution in [0.2, 0.25) is 0 Å². The van der Waals surface area contributed by atoms with Gasteiger partial charge in [-0.1, -0.05) is 35.5 Å². The minimum atomic E-state index is -0.178. The lowest BCUT2D eigenvalue weighted by Gasteiger charge is -2.14. The largest absolute Gasteiger partial charge is 0.345 e. The molecule has 0 aliphatic heterocycles. The zero-order valence-electron chi connectivity index (χ0n) is 16.3. The van der Waals surface area contributed by atoms with Crippen molar-refractivity contribution in [2.24, 2.45) is 0 Å². The van der Waals surface area contributed by atoms with Crippen molar-refractivity contribution in [3.05, 3.63) is 77.5 Å². The Morgan fingerprint density at radius 3 is 2.55 bits per heavy atom. The van der Waals surface area contributed by atoms with Crippen LogP contribution in [0.1, 0.15) is 40.4 Å². The highest BCUT2D eigenvalue weighted by atomic mass is 16.5. The second kappa shape index (κ2) is 7.67. The zero-order valence-corrected chi connectivity index (χ0v) is 16.3. The number of carbonyl (C=O) groups excluding carboxylic acids is 1. The number of nitrogens with one attached hydrogen (secondary N) is 1. The molecule has 0 saturated carbocycles. The Hall–Kier alpha value is -3.81. The second-order valence-electron chi connectivity index (χ2n) is 6.71. The van der Waals surface area contributed by atoms with E-state index >= 15 is 0 Å². The molecule has 4 aromatic rings. The van der Waals surface area contributed by atoms with Crippen LogP contribution in [0.25, 0.3) is 17.3 Å². The maximum Gasteiger partial charge on any atom is 0.259 e. The minimum absolute atomic E-state index is 0.110. The van der Waals surface area contributed by atoms with E-state index in [1.807, 2.05) is 50.2 Å². The van der Waals surface area contributed by atoms with Crippen molar-refractivity contribution in [1.29, 1.82) is 0 Å². The molecule has 8 nitrogen and oxygen atoms in total. The topological polar surface area (TPSA) is 98.7 Å². The third kappa shape index (κ3) is 3.77. The van der Waals surface area contributed by atoms with E-state index in [0.29, 0.717) is 34.4 Å². The van der Waals surface area contributed by atoms with Gasteiger partial charge in [-0.3, -0.25) is 4.79 Å². The Morgan fingerprint density at radius 1 is 1.10 bits per heavy atom. The molecular weight excluding hydrogens is 368 g/mol. The normalized spacial score (nSPS) is 12.0. The molecule has 1 N–H and O–H groups in total. The Kier molecular flexibility index (Phi) is 4.90. The van der Waals surface area contributed by atoms with Crippen LogP contribution < -0.4 is 5.32 Å². The molecule has 0 spiro atoms. The van der Waals surface area contributed by atoms with Crippen LogP contribution in [0.5, 0.6) is 0 Å². The van der Waals surface area contributed by atoms with Crippen molar-refractivity contribution in [2.75, 3.05) is 0 Å². The van der Waals surface area contributed by atoms with Crippen molar-refractivity contribution >= 4 is 5.91 Å². The van der Waals surface area contributed by atoms with E-state index in [1.54, 1.807) is 30.1 Å². The molecular formula is C21H20N6O2. The van der Waals surface area contributed by atoms with Gasteiger partial charge in [0.2, 0.25) is 0 Å². The van der Waals surface area contributed by atoms with Crippen LogP contribution in [0, 0.1) is 13.8 Å². The van der Waals surface area contributed by atoms with Crippen LogP contribution in [0.4, 0.5) is 0 Å². The third-order valence-corrected chi connectivity index (χ3v) is 4.64. The van der Waals surface area contributed by atoms with E-state index in [1.165, 1.54) is 0 Å². The first-order chi connectivity index (χ1) is 14.0. The molecule has 8 heteroatoms. The number of rotatable bonds is 5. The summed E-state index contributed by atoms with van der Waals surface area (Å²) in [6.45, 7) is 5.55. The van der Waals surface area contributed by atoms with E-state index in [9.17, 15) is 4.79 Å². The van der Waals surface area contributed by atoms with Gasteiger partial charge in [-0.05, 0) is 38.5 Å². The number of aromatic nitrogens is 5. The van der Waals surface area contributed by atoms with Gasteiger partial charge in [-0.25, -0.2) is 9.67 Å². The minimum Gasteiger partial charge on any atom is -0.345 e. The quantitative estimate of drug-likeness (QED) is 0.562. The zero-order chi connectivity index (χ0) is 20.4. The molecule has 3 heterocycles. The van der Waals surface area contributed by atoms with Gasteiger partial charge in [-0.2, -0.15) is 10.1 Å². The number of hydrogen-bond acceptors (Lipinski definition) is 6. The summed E-state index contributed by atoms with van der Waals surface area (Å²) in [5, 5.41) is 11.1. The summed E-state index contributed by atoms with van der Waals surface area (Å²) in [5.74, 6) is 1.39. The average Bonchev–Trinajstić information content (AvgIpc) is 3.34. The molecule has 0 saturated heterocycles. The van der Waals surface area contributed by atoms with Gasteiger partial charge in [0, 0.05) is 6.20 Å². The van der Waals surface area contributed by atoms with Crippen LogP contribution >= 0.6 is 0 Å². The van der Waals surface area contributed by atoms with Gasteiger partial charge in [-0.15, -0.1) is 0 Å². The molecule has 1 aromatic carbocycles. The molecule has 0 fully saturated rings. The smallest absolute Gasteiger partial charge is 0.259 e. The molecule has 1 unspecified atom stereocenters. The molecule has 3 aromatic heterocycles. The fourth-order valence-corrected chi connectivity index (χ4v) is 3.02. The van der Waals surface area contributed by atoms with Crippen molar-refractivity contribution in [3.8, 4) is 17.3 Å². The summed E-state index contributed by atoms with van der Waals surface area (Å²) >= 11 is 0. The van der Waals surface area contributed by atoms with Crippen molar-refractivity contribution < 1.29 is 9.32 Å². The van der Waals surface area contributed by atoms with E-state index in [0.717, 1.165) is 5.56 Å². The fraction of sp³-hybridized carbons (Fsp3) is 0.190. The number of benzene rings is 1. The van der Waals surface area contributed by atoms with E-state index in [-0.39, 0.29) is 11.9 Å². The number of pyridine rings is 1. The Morgan fingerprint density at radius 2 is 1.90 bits per heavy atom. The summed E-state index contributed by atoms with van der Waals surface area (Å²) < 4.78 is 6.78. The molecule has 4 rings (SSSR count). The second-order valence-corrected chi connectivity index (χ2v) is 6.71. The summed E-state index contributed by atoms with van der Waals surface area (Å²) in [7, 11) is 0. The Bertz CT molecular complexity index is 1130. The molecule has 0 aliphatic rings. The van der Waals surface area contributed by atoms with Crippen molar-refractivity contribution in [2.45, 2.75) is 26.8 Å². The number of amides is 1. The van der Waals surface area contributed by atoms with Gasteiger partial charge in [0.1, 0.15) is 0 Å². The number of carbonyl (C=O) groups is 1. The lowest BCUT2D eigenvalue weighted by atomic mass is 10.1. The Balaban J connectivity index is 1.53. The molecule has 0 bridgehead atoms. The predicted octanol–water partition coefficient (Wildman–Crippen LogP) is 3.43. The molecule has 146 valence electrons. The average molecular weight is 388 g/mol. The SMILES string of the molecule is Cc1noc(-c2ccc(-n3ncc(C(=O)NC(C)c4ccccc4)c3C)nc2)n1. The molecule has 0 radical (unpaired) electrons. The van der Waals surface area contributed by atoms with E-state index < -0.39 is 0 Å². The van der Waals surface area contributed by atoms with Crippen LogP contribution in [0.15, 0.2) is 59.4 Å². The summed E-state index contributed by atoms with van der Waals surface area (Å²) in [6.07, 6.45) is 3.19. The van der Waals surface area contributed by atoms with Gasteiger partial charge >= 0.3 is 0 Å². The van der Waals surface area contributed by atoms with Gasteiger partial charge in [0.15, 0.2) is 11.6 Å².